The molecule has 0 amide bonds. The van der Waals surface area contributed by atoms with Gasteiger partial charge in [-0.25, -0.2) is 9.97 Å². The van der Waals surface area contributed by atoms with E-state index < -0.39 is 0 Å². The van der Waals surface area contributed by atoms with Crippen LogP contribution in [-0.4, -0.2) is 35.3 Å². The maximum absolute atomic E-state index is 5.78. The van der Waals surface area contributed by atoms with Gasteiger partial charge in [0.2, 0.25) is 0 Å². The minimum atomic E-state index is 0.235. The summed E-state index contributed by atoms with van der Waals surface area (Å²) in [6, 6.07) is 12.5. The smallest absolute Gasteiger partial charge is 0.133 e. The van der Waals surface area contributed by atoms with Gasteiger partial charge in [0.1, 0.15) is 17.2 Å². The van der Waals surface area contributed by atoms with Gasteiger partial charge in [-0.1, -0.05) is 30.3 Å². The summed E-state index contributed by atoms with van der Waals surface area (Å²) in [5, 5.41) is 1.01. The maximum Gasteiger partial charge on any atom is 0.133 e. The molecule has 1 aliphatic heterocycles. The quantitative estimate of drug-likeness (QED) is 0.639. The van der Waals surface area contributed by atoms with Crippen molar-refractivity contribution in [3.63, 3.8) is 0 Å². The Balaban J connectivity index is 1.67. The molecule has 1 fully saturated rings. The maximum atomic E-state index is 5.78. The van der Waals surface area contributed by atoms with E-state index in [-0.39, 0.29) is 12.2 Å². The second-order valence-electron chi connectivity index (χ2n) is 5.65. The van der Waals surface area contributed by atoms with Crippen molar-refractivity contribution in [3.8, 4) is 0 Å². The van der Waals surface area contributed by atoms with Gasteiger partial charge in [-0.2, -0.15) is 0 Å². The van der Waals surface area contributed by atoms with Crippen molar-refractivity contribution in [2.24, 2.45) is 0 Å². The molecule has 3 rings (SSSR count). The third-order valence-electron chi connectivity index (χ3n) is 3.60. The lowest BCUT2D eigenvalue weighted by Gasteiger charge is -2.36. The zero-order valence-corrected chi connectivity index (χ0v) is 13.8. The van der Waals surface area contributed by atoms with Crippen LogP contribution < -0.4 is 4.90 Å². The van der Waals surface area contributed by atoms with Crippen LogP contribution in [0.3, 0.4) is 0 Å². The number of morpholine rings is 1. The molecule has 22 heavy (non-hydrogen) atoms. The molecule has 0 aliphatic carbocycles. The first-order valence-electron chi connectivity index (χ1n) is 7.60. The zero-order valence-electron chi connectivity index (χ0n) is 13.0. The Kier molecular flexibility index (Phi) is 4.95. The van der Waals surface area contributed by atoms with E-state index in [4.69, 9.17) is 4.74 Å². The highest BCUT2D eigenvalue weighted by Crippen LogP contribution is 2.25. The Morgan fingerprint density at radius 2 is 1.86 bits per heavy atom. The highest BCUT2D eigenvalue weighted by atomic mass is 32.2. The van der Waals surface area contributed by atoms with Crippen molar-refractivity contribution in [2.75, 3.05) is 18.0 Å². The molecule has 0 N–H and O–H groups in total. The van der Waals surface area contributed by atoms with Crippen molar-refractivity contribution >= 4 is 17.6 Å². The molecule has 1 aromatic carbocycles. The minimum absolute atomic E-state index is 0.235. The average Bonchev–Trinajstić information content (AvgIpc) is 2.53. The third-order valence-corrected chi connectivity index (χ3v) is 4.60. The lowest BCUT2D eigenvalue weighted by Crippen LogP contribution is -2.45. The normalized spacial score (nSPS) is 21.8. The average molecular weight is 315 g/mol. The molecule has 1 aromatic heterocycles. The zero-order chi connectivity index (χ0) is 15.4. The molecule has 0 radical (unpaired) electrons. The molecule has 0 spiro atoms. The number of benzene rings is 1. The van der Waals surface area contributed by atoms with Crippen molar-refractivity contribution < 1.29 is 4.74 Å². The Hall–Kier alpha value is -1.59. The number of nitrogens with zero attached hydrogens (tertiary/aromatic N) is 3. The summed E-state index contributed by atoms with van der Waals surface area (Å²) >= 11 is 1.74. The van der Waals surface area contributed by atoms with Gasteiger partial charge in [0.05, 0.1) is 12.2 Å². The first kappa shape index (κ1) is 15.3. The van der Waals surface area contributed by atoms with Gasteiger partial charge in [-0.05, 0) is 19.4 Å². The fraction of sp³-hybridized carbons (Fsp3) is 0.412. The molecule has 0 saturated carbocycles. The van der Waals surface area contributed by atoms with Gasteiger partial charge in [0.25, 0.3) is 0 Å². The molecular weight excluding hydrogens is 294 g/mol. The molecule has 2 heterocycles. The fourth-order valence-corrected chi connectivity index (χ4v) is 3.50. The van der Waals surface area contributed by atoms with Crippen LogP contribution in [0.25, 0.3) is 0 Å². The summed E-state index contributed by atoms with van der Waals surface area (Å²) in [6.45, 7) is 5.97. The molecule has 116 valence electrons. The molecule has 1 saturated heterocycles. The van der Waals surface area contributed by atoms with Crippen LogP contribution in [0, 0.1) is 0 Å². The standard InChI is InChI=1S/C17H21N3OS/c1-13-9-20(10-14(2)21-13)16-8-17(19-12-18-16)22-11-15-6-4-3-5-7-15/h3-8,12-14H,9-11H2,1-2H3. The second kappa shape index (κ2) is 7.11. The van der Waals surface area contributed by atoms with Gasteiger partial charge in [-0.15, -0.1) is 11.8 Å². The predicted molar refractivity (Wildman–Crippen MR) is 90.3 cm³/mol. The number of hydrogen-bond donors (Lipinski definition) is 0. The van der Waals surface area contributed by atoms with E-state index in [1.165, 1.54) is 5.56 Å². The van der Waals surface area contributed by atoms with Crippen molar-refractivity contribution in [1.82, 2.24) is 9.97 Å². The number of aromatic nitrogens is 2. The Bertz CT molecular complexity index is 598. The number of anilines is 1. The van der Waals surface area contributed by atoms with Crippen LogP contribution in [-0.2, 0) is 10.5 Å². The van der Waals surface area contributed by atoms with Gasteiger partial charge >= 0.3 is 0 Å². The SMILES string of the molecule is CC1CN(c2cc(SCc3ccccc3)ncn2)CC(C)O1. The van der Waals surface area contributed by atoms with Gasteiger partial charge in [0.15, 0.2) is 0 Å². The van der Waals surface area contributed by atoms with Crippen molar-refractivity contribution in [1.29, 1.82) is 0 Å². The second-order valence-corrected chi connectivity index (χ2v) is 6.65. The van der Waals surface area contributed by atoms with Crippen LogP contribution in [0.2, 0.25) is 0 Å². The number of thioether (sulfide) groups is 1. The largest absolute Gasteiger partial charge is 0.372 e. The number of ether oxygens (including phenoxy) is 1. The summed E-state index contributed by atoms with van der Waals surface area (Å²) in [5.41, 5.74) is 1.31. The topological polar surface area (TPSA) is 38.2 Å². The fourth-order valence-electron chi connectivity index (χ4n) is 2.68. The third kappa shape index (κ3) is 3.99. The summed E-state index contributed by atoms with van der Waals surface area (Å²) in [4.78, 5) is 11.1. The summed E-state index contributed by atoms with van der Waals surface area (Å²) in [5.74, 6) is 1.92. The predicted octanol–water partition coefficient (Wildman–Crippen LogP) is 3.38. The van der Waals surface area contributed by atoms with Crippen LogP contribution in [0.15, 0.2) is 47.8 Å². The monoisotopic (exact) mass is 315 g/mol. The lowest BCUT2D eigenvalue weighted by molar-refractivity contribution is -0.00548. The molecule has 1 aliphatic rings. The molecule has 2 atom stereocenters. The van der Waals surface area contributed by atoms with E-state index in [1.54, 1.807) is 18.1 Å². The van der Waals surface area contributed by atoms with E-state index in [1.807, 2.05) is 6.07 Å². The molecular formula is C17H21N3OS. The van der Waals surface area contributed by atoms with Crippen LogP contribution in [0.5, 0.6) is 0 Å². The molecule has 4 nitrogen and oxygen atoms in total. The lowest BCUT2D eigenvalue weighted by atomic mass is 10.2. The van der Waals surface area contributed by atoms with Gasteiger partial charge in [0, 0.05) is 24.9 Å². The van der Waals surface area contributed by atoms with Crippen LogP contribution in [0.1, 0.15) is 19.4 Å². The van der Waals surface area contributed by atoms with Gasteiger partial charge in [-0.3, -0.25) is 0 Å². The summed E-state index contributed by atoms with van der Waals surface area (Å²) in [7, 11) is 0. The highest BCUT2D eigenvalue weighted by molar-refractivity contribution is 7.98. The first-order chi connectivity index (χ1) is 10.7. The van der Waals surface area contributed by atoms with E-state index in [0.29, 0.717) is 0 Å². The molecule has 2 unspecified atom stereocenters. The highest BCUT2D eigenvalue weighted by Gasteiger charge is 2.23. The summed E-state index contributed by atoms with van der Waals surface area (Å²) < 4.78 is 5.78. The Labute approximate surface area is 135 Å². The van der Waals surface area contributed by atoms with Crippen LogP contribution >= 0.6 is 11.8 Å². The van der Waals surface area contributed by atoms with Crippen molar-refractivity contribution in [2.45, 2.75) is 36.8 Å². The summed E-state index contributed by atoms with van der Waals surface area (Å²) in [6.07, 6.45) is 2.13. The minimum Gasteiger partial charge on any atom is -0.372 e. The van der Waals surface area contributed by atoms with Gasteiger partial charge < -0.3 is 9.64 Å². The molecule has 2 aromatic rings. The van der Waals surface area contributed by atoms with E-state index >= 15 is 0 Å². The molecule has 0 bridgehead atoms. The van der Waals surface area contributed by atoms with E-state index in [0.717, 1.165) is 29.7 Å². The van der Waals surface area contributed by atoms with E-state index in [9.17, 15) is 0 Å². The molecule has 5 heteroatoms. The van der Waals surface area contributed by atoms with Crippen LogP contribution in [0.4, 0.5) is 5.82 Å². The van der Waals surface area contributed by atoms with Crippen molar-refractivity contribution in [3.05, 3.63) is 48.3 Å². The number of hydrogen-bond acceptors (Lipinski definition) is 5. The van der Waals surface area contributed by atoms with E-state index in [2.05, 4.69) is 59.0 Å². The number of rotatable bonds is 4. The Morgan fingerprint density at radius 3 is 2.59 bits per heavy atom. The first-order valence-corrected chi connectivity index (χ1v) is 8.58. The Morgan fingerprint density at radius 1 is 1.14 bits per heavy atom.